The molecule has 2 rings (SSSR count). The van der Waals surface area contributed by atoms with E-state index < -0.39 is 5.97 Å². The number of thiophene rings is 1. The number of hydrogen-bond acceptors (Lipinski definition) is 5. The van der Waals surface area contributed by atoms with E-state index in [0.717, 1.165) is 9.35 Å². The van der Waals surface area contributed by atoms with Crippen LogP contribution in [0.4, 0.5) is 0 Å². The molecule has 0 saturated carbocycles. The lowest BCUT2D eigenvalue weighted by atomic mass is 10.3. The molecule has 0 bridgehead atoms. The molecular formula is C12H12BrN3O2S. The first-order valence-corrected chi connectivity index (χ1v) is 7.20. The lowest BCUT2D eigenvalue weighted by molar-refractivity contribution is 0.0542. The van der Waals surface area contributed by atoms with E-state index in [0.29, 0.717) is 12.2 Å². The summed E-state index contributed by atoms with van der Waals surface area (Å²) in [5, 5.41) is 9.87. The van der Waals surface area contributed by atoms with Crippen LogP contribution >= 0.6 is 27.3 Å². The van der Waals surface area contributed by atoms with Crippen molar-refractivity contribution in [1.82, 2.24) is 15.0 Å². The van der Waals surface area contributed by atoms with Crippen molar-refractivity contribution in [1.29, 1.82) is 0 Å². The molecule has 0 aliphatic rings. The molecule has 100 valence electrons. The molecule has 0 atom stereocenters. The van der Waals surface area contributed by atoms with Crippen LogP contribution in [0.3, 0.4) is 0 Å². The molecule has 2 aromatic heterocycles. The third-order valence-corrected chi connectivity index (χ3v) is 4.02. The summed E-state index contributed by atoms with van der Waals surface area (Å²) in [4.78, 5) is 11.7. The maximum absolute atomic E-state index is 11.7. The average molecular weight is 342 g/mol. The zero-order chi connectivity index (χ0) is 13.8. The van der Waals surface area contributed by atoms with Gasteiger partial charge in [0.05, 0.1) is 16.0 Å². The summed E-state index contributed by atoms with van der Waals surface area (Å²) in [6.07, 6.45) is 1.51. The summed E-state index contributed by atoms with van der Waals surface area (Å²) in [5.41, 5.74) is 2.04. The standard InChI is InChI=1S/C12H12BrN3O2S/c1-3-4-18-12(17)11-8(2)16(15-14-11)6-9-5-10(13)19-7-9/h3,5,7H,1,4,6H2,2H3. The predicted molar refractivity (Wildman–Crippen MR) is 76.4 cm³/mol. The Morgan fingerprint density at radius 1 is 1.68 bits per heavy atom. The topological polar surface area (TPSA) is 57.0 Å². The van der Waals surface area contributed by atoms with Gasteiger partial charge in [-0.3, -0.25) is 0 Å². The molecule has 2 heterocycles. The fourth-order valence-corrected chi connectivity index (χ4v) is 2.70. The molecule has 7 heteroatoms. The lowest BCUT2D eigenvalue weighted by Crippen LogP contribution is -2.09. The van der Waals surface area contributed by atoms with Crippen molar-refractivity contribution in [3.05, 3.63) is 44.8 Å². The molecular weight excluding hydrogens is 330 g/mol. The van der Waals surface area contributed by atoms with E-state index in [9.17, 15) is 4.79 Å². The molecule has 0 aliphatic heterocycles. The van der Waals surface area contributed by atoms with Crippen molar-refractivity contribution in [2.24, 2.45) is 0 Å². The zero-order valence-corrected chi connectivity index (χ0v) is 12.7. The monoisotopic (exact) mass is 341 g/mol. The minimum absolute atomic E-state index is 0.169. The highest BCUT2D eigenvalue weighted by molar-refractivity contribution is 9.11. The second-order valence-corrected chi connectivity index (χ2v) is 6.12. The van der Waals surface area contributed by atoms with Crippen molar-refractivity contribution in [3.63, 3.8) is 0 Å². The van der Waals surface area contributed by atoms with Crippen molar-refractivity contribution in [2.75, 3.05) is 6.61 Å². The molecule has 0 N–H and O–H groups in total. The number of ether oxygens (including phenoxy) is 1. The minimum Gasteiger partial charge on any atom is -0.457 e. The Kier molecular flexibility index (Phi) is 4.49. The fraction of sp³-hybridized carbons (Fsp3) is 0.250. The third-order valence-electron chi connectivity index (χ3n) is 2.46. The van der Waals surface area contributed by atoms with Gasteiger partial charge in [-0.2, -0.15) is 0 Å². The van der Waals surface area contributed by atoms with Gasteiger partial charge >= 0.3 is 5.97 Å². The molecule has 0 radical (unpaired) electrons. The molecule has 0 aromatic carbocycles. The number of aromatic nitrogens is 3. The molecule has 0 aliphatic carbocycles. The van der Waals surface area contributed by atoms with Crippen LogP contribution in [0, 0.1) is 6.92 Å². The minimum atomic E-state index is -0.477. The van der Waals surface area contributed by atoms with Gasteiger partial charge in [0.2, 0.25) is 0 Å². The molecule has 0 amide bonds. The molecule has 19 heavy (non-hydrogen) atoms. The first-order valence-electron chi connectivity index (χ1n) is 5.53. The van der Waals surface area contributed by atoms with Crippen LogP contribution in [0.2, 0.25) is 0 Å². The molecule has 0 unspecified atom stereocenters. The van der Waals surface area contributed by atoms with Crippen LogP contribution in [0.25, 0.3) is 0 Å². The quantitative estimate of drug-likeness (QED) is 0.619. The maximum Gasteiger partial charge on any atom is 0.361 e. The molecule has 0 spiro atoms. The Morgan fingerprint density at radius 3 is 3.11 bits per heavy atom. The van der Waals surface area contributed by atoms with Crippen LogP contribution < -0.4 is 0 Å². The summed E-state index contributed by atoms with van der Waals surface area (Å²) in [6, 6.07) is 2.02. The van der Waals surface area contributed by atoms with Gasteiger partial charge in [-0.1, -0.05) is 17.9 Å². The maximum atomic E-state index is 11.7. The van der Waals surface area contributed by atoms with Crippen LogP contribution in [-0.2, 0) is 11.3 Å². The zero-order valence-electron chi connectivity index (χ0n) is 10.3. The number of carbonyl (C=O) groups is 1. The van der Waals surface area contributed by atoms with Gasteiger partial charge in [0.1, 0.15) is 6.61 Å². The highest BCUT2D eigenvalue weighted by atomic mass is 79.9. The normalized spacial score (nSPS) is 10.4. The Hall–Kier alpha value is -1.47. The summed E-state index contributed by atoms with van der Waals surface area (Å²) in [5.74, 6) is -0.477. The third kappa shape index (κ3) is 3.30. The fourth-order valence-electron chi connectivity index (χ4n) is 1.50. The van der Waals surface area contributed by atoms with Gasteiger partial charge in [-0.15, -0.1) is 16.4 Å². The van der Waals surface area contributed by atoms with Gasteiger partial charge in [0.15, 0.2) is 5.69 Å². The summed E-state index contributed by atoms with van der Waals surface area (Å²) >= 11 is 5.02. The van der Waals surface area contributed by atoms with E-state index in [4.69, 9.17) is 4.74 Å². The van der Waals surface area contributed by atoms with Gasteiger partial charge in [-0.05, 0) is 39.9 Å². The van der Waals surface area contributed by atoms with Gasteiger partial charge in [-0.25, -0.2) is 9.48 Å². The molecule has 2 aromatic rings. The Labute approximate surface area is 123 Å². The number of rotatable bonds is 5. The molecule has 5 nitrogen and oxygen atoms in total. The second kappa shape index (κ2) is 6.12. The van der Waals surface area contributed by atoms with Gasteiger partial charge in [0, 0.05) is 0 Å². The highest BCUT2D eigenvalue weighted by Crippen LogP contribution is 2.21. The molecule has 0 fully saturated rings. The van der Waals surface area contributed by atoms with Crippen LogP contribution in [0.1, 0.15) is 21.7 Å². The van der Waals surface area contributed by atoms with Crippen LogP contribution in [0.5, 0.6) is 0 Å². The van der Waals surface area contributed by atoms with E-state index in [-0.39, 0.29) is 12.3 Å². The first-order chi connectivity index (χ1) is 9.11. The smallest absolute Gasteiger partial charge is 0.361 e. The number of carbonyl (C=O) groups excluding carboxylic acids is 1. The molecule has 0 saturated heterocycles. The highest BCUT2D eigenvalue weighted by Gasteiger charge is 2.17. The average Bonchev–Trinajstić information content (AvgIpc) is 2.95. The van der Waals surface area contributed by atoms with Crippen LogP contribution in [-0.4, -0.2) is 27.6 Å². The summed E-state index contributed by atoms with van der Waals surface area (Å²) < 4.78 is 7.69. The SMILES string of the molecule is C=CCOC(=O)c1nnn(Cc2csc(Br)c2)c1C. The second-order valence-electron chi connectivity index (χ2n) is 3.83. The van der Waals surface area contributed by atoms with Crippen LogP contribution in [0.15, 0.2) is 27.9 Å². The lowest BCUT2D eigenvalue weighted by Gasteiger charge is -2.02. The summed E-state index contributed by atoms with van der Waals surface area (Å²) in [6.45, 7) is 6.04. The van der Waals surface area contributed by atoms with Crippen molar-refractivity contribution in [3.8, 4) is 0 Å². The number of nitrogens with zero attached hydrogens (tertiary/aromatic N) is 3. The largest absolute Gasteiger partial charge is 0.457 e. The van der Waals surface area contributed by atoms with Gasteiger partial charge < -0.3 is 4.74 Å². The van der Waals surface area contributed by atoms with E-state index in [2.05, 4.69) is 32.8 Å². The van der Waals surface area contributed by atoms with E-state index >= 15 is 0 Å². The Bertz CT molecular complexity index is 606. The van der Waals surface area contributed by atoms with E-state index in [1.165, 1.54) is 6.08 Å². The Balaban J connectivity index is 2.13. The number of esters is 1. The summed E-state index contributed by atoms with van der Waals surface area (Å²) in [7, 11) is 0. The Morgan fingerprint density at radius 2 is 2.47 bits per heavy atom. The van der Waals surface area contributed by atoms with Crippen molar-refractivity contribution in [2.45, 2.75) is 13.5 Å². The number of hydrogen-bond donors (Lipinski definition) is 0. The van der Waals surface area contributed by atoms with Crippen molar-refractivity contribution >= 4 is 33.2 Å². The van der Waals surface area contributed by atoms with Crippen molar-refractivity contribution < 1.29 is 9.53 Å². The first kappa shape index (κ1) is 14.0. The van der Waals surface area contributed by atoms with E-state index in [1.54, 1.807) is 22.9 Å². The van der Waals surface area contributed by atoms with E-state index in [1.807, 2.05) is 11.4 Å². The predicted octanol–water partition coefficient (Wildman–Crippen LogP) is 2.80. The number of halogens is 1. The van der Waals surface area contributed by atoms with Gasteiger partial charge in [0.25, 0.3) is 0 Å².